The van der Waals surface area contributed by atoms with Crippen molar-refractivity contribution in [2.24, 2.45) is 0 Å². The second-order valence-electron chi connectivity index (χ2n) is 4.25. The number of methoxy groups -OCH3 is 1. The van der Waals surface area contributed by atoms with Gasteiger partial charge in [-0.1, -0.05) is 30.3 Å². The van der Waals surface area contributed by atoms with Gasteiger partial charge in [0.1, 0.15) is 11.6 Å². The van der Waals surface area contributed by atoms with E-state index in [1.165, 1.54) is 6.07 Å². The lowest BCUT2D eigenvalue weighted by atomic mass is 9.93. The van der Waals surface area contributed by atoms with Crippen molar-refractivity contribution < 1.29 is 9.13 Å². The third kappa shape index (κ3) is 3.11. The number of nitrogens with zero attached hydrogens (tertiary/aromatic N) is 1. The van der Waals surface area contributed by atoms with Crippen molar-refractivity contribution in [3.05, 3.63) is 65.5 Å². The Morgan fingerprint density at radius 3 is 2.42 bits per heavy atom. The molecular weight excluding hydrogens is 241 g/mol. The maximum absolute atomic E-state index is 13.6. The van der Waals surface area contributed by atoms with Crippen molar-refractivity contribution in [3.63, 3.8) is 0 Å². The van der Waals surface area contributed by atoms with E-state index in [2.05, 4.69) is 6.07 Å². The van der Waals surface area contributed by atoms with Crippen LogP contribution < -0.4 is 4.74 Å². The first kappa shape index (κ1) is 13.1. The van der Waals surface area contributed by atoms with E-state index in [1.54, 1.807) is 37.4 Å². The molecule has 0 spiro atoms. The van der Waals surface area contributed by atoms with E-state index < -0.39 is 0 Å². The predicted molar refractivity (Wildman–Crippen MR) is 71.5 cm³/mol. The summed E-state index contributed by atoms with van der Waals surface area (Å²) in [4.78, 5) is 0. The number of nitriles is 1. The molecule has 0 bridgehead atoms. The van der Waals surface area contributed by atoms with Crippen LogP contribution in [0.4, 0.5) is 4.39 Å². The molecule has 2 aromatic rings. The van der Waals surface area contributed by atoms with E-state index >= 15 is 0 Å². The largest absolute Gasteiger partial charge is 0.497 e. The highest BCUT2D eigenvalue weighted by Gasteiger charge is 2.13. The molecule has 0 N–H and O–H groups in total. The van der Waals surface area contributed by atoms with Gasteiger partial charge in [0.15, 0.2) is 0 Å². The van der Waals surface area contributed by atoms with Gasteiger partial charge in [0, 0.05) is 0 Å². The van der Waals surface area contributed by atoms with Crippen LogP contribution in [0.2, 0.25) is 0 Å². The molecule has 0 aromatic heterocycles. The van der Waals surface area contributed by atoms with Gasteiger partial charge in [-0.05, 0) is 35.7 Å². The number of hydrogen-bond acceptors (Lipinski definition) is 2. The van der Waals surface area contributed by atoms with E-state index in [-0.39, 0.29) is 11.7 Å². The van der Waals surface area contributed by atoms with Crippen LogP contribution in [0.1, 0.15) is 17.0 Å². The first-order valence-electron chi connectivity index (χ1n) is 6.01. The van der Waals surface area contributed by atoms with Gasteiger partial charge < -0.3 is 4.74 Å². The second-order valence-corrected chi connectivity index (χ2v) is 4.25. The van der Waals surface area contributed by atoms with Crippen molar-refractivity contribution in [2.45, 2.75) is 12.3 Å². The van der Waals surface area contributed by atoms with Crippen LogP contribution in [-0.4, -0.2) is 7.11 Å². The smallest absolute Gasteiger partial charge is 0.126 e. The third-order valence-electron chi connectivity index (χ3n) is 3.06. The van der Waals surface area contributed by atoms with Crippen molar-refractivity contribution in [3.8, 4) is 11.8 Å². The number of rotatable bonds is 4. The Morgan fingerprint density at radius 2 is 1.84 bits per heavy atom. The Balaban J connectivity index is 2.21. The van der Waals surface area contributed by atoms with Crippen molar-refractivity contribution in [1.82, 2.24) is 0 Å². The molecule has 0 saturated heterocycles. The Labute approximate surface area is 112 Å². The van der Waals surface area contributed by atoms with Crippen LogP contribution in [0.25, 0.3) is 0 Å². The van der Waals surface area contributed by atoms with Gasteiger partial charge >= 0.3 is 0 Å². The van der Waals surface area contributed by atoms with Gasteiger partial charge in [0.05, 0.1) is 19.1 Å². The number of halogens is 1. The Hall–Kier alpha value is -2.34. The van der Waals surface area contributed by atoms with Gasteiger partial charge in [-0.15, -0.1) is 0 Å². The number of hydrogen-bond donors (Lipinski definition) is 0. The van der Waals surface area contributed by atoms with Crippen molar-refractivity contribution >= 4 is 0 Å². The molecule has 0 saturated carbocycles. The lowest BCUT2D eigenvalue weighted by Crippen LogP contribution is -2.02. The molecule has 19 heavy (non-hydrogen) atoms. The zero-order chi connectivity index (χ0) is 13.7. The standard InChI is InChI=1S/C16H14FNO/c1-19-15-8-6-12(7-9-15)14(11-18)10-13-4-2-3-5-16(13)17/h2-9,14H,10H2,1H3. The van der Waals surface area contributed by atoms with Crippen LogP contribution in [0.5, 0.6) is 5.75 Å². The lowest BCUT2D eigenvalue weighted by Gasteiger charge is -2.11. The highest BCUT2D eigenvalue weighted by molar-refractivity contribution is 5.34. The Bertz CT molecular complexity index is 586. The molecule has 0 aliphatic rings. The minimum absolute atomic E-state index is 0.267. The molecule has 2 nitrogen and oxygen atoms in total. The number of benzene rings is 2. The van der Waals surface area contributed by atoms with Gasteiger partial charge in [-0.2, -0.15) is 5.26 Å². The second kappa shape index (κ2) is 6.01. The normalized spacial score (nSPS) is 11.6. The molecule has 0 aliphatic carbocycles. The minimum atomic E-state index is -0.359. The van der Waals surface area contributed by atoms with Crippen molar-refractivity contribution in [1.29, 1.82) is 5.26 Å². The molecule has 3 heteroatoms. The zero-order valence-corrected chi connectivity index (χ0v) is 10.6. The van der Waals surface area contributed by atoms with Crippen LogP contribution in [-0.2, 0) is 6.42 Å². The highest BCUT2D eigenvalue weighted by atomic mass is 19.1. The average molecular weight is 255 g/mol. The van der Waals surface area contributed by atoms with E-state index in [0.29, 0.717) is 12.0 Å². The Kier molecular flexibility index (Phi) is 4.15. The molecule has 0 heterocycles. The highest BCUT2D eigenvalue weighted by Crippen LogP contribution is 2.23. The van der Waals surface area contributed by atoms with Crippen LogP contribution in [0.3, 0.4) is 0 Å². The molecule has 1 unspecified atom stereocenters. The first-order chi connectivity index (χ1) is 9.24. The molecule has 0 fully saturated rings. The van der Waals surface area contributed by atoms with E-state index in [1.807, 2.05) is 12.1 Å². The van der Waals surface area contributed by atoms with Crippen LogP contribution in [0, 0.1) is 17.1 Å². The maximum atomic E-state index is 13.6. The molecule has 2 rings (SSSR count). The fraction of sp³-hybridized carbons (Fsp3) is 0.188. The summed E-state index contributed by atoms with van der Waals surface area (Å²) in [6.45, 7) is 0. The maximum Gasteiger partial charge on any atom is 0.126 e. The fourth-order valence-electron chi connectivity index (χ4n) is 1.96. The predicted octanol–water partition coefficient (Wildman–Crippen LogP) is 3.68. The summed E-state index contributed by atoms with van der Waals surface area (Å²) in [5, 5.41) is 9.25. The lowest BCUT2D eigenvalue weighted by molar-refractivity contribution is 0.414. The summed E-state index contributed by atoms with van der Waals surface area (Å²) in [5.41, 5.74) is 1.43. The number of ether oxygens (including phenoxy) is 1. The monoisotopic (exact) mass is 255 g/mol. The topological polar surface area (TPSA) is 33.0 Å². The fourth-order valence-corrected chi connectivity index (χ4v) is 1.96. The van der Waals surface area contributed by atoms with Gasteiger partial charge in [0.2, 0.25) is 0 Å². The van der Waals surface area contributed by atoms with Crippen LogP contribution in [0.15, 0.2) is 48.5 Å². The van der Waals surface area contributed by atoms with Crippen LogP contribution >= 0.6 is 0 Å². The van der Waals surface area contributed by atoms with Gasteiger partial charge in [0.25, 0.3) is 0 Å². The van der Waals surface area contributed by atoms with Gasteiger partial charge in [-0.3, -0.25) is 0 Å². The molecular formula is C16H14FNO. The summed E-state index contributed by atoms with van der Waals surface area (Å²) in [6, 6.07) is 16.1. The summed E-state index contributed by atoms with van der Waals surface area (Å²) in [7, 11) is 1.59. The molecule has 0 amide bonds. The van der Waals surface area contributed by atoms with Crippen molar-refractivity contribution in [2.75, 3.05) is 7.11 Å². The summed E-state index contributed by atoms with van der Waals surface area (Å²) in [6.07, 6.45) is 0.371. The quantitative estimate of drug-likeness (QED) is 0.834. The molecule has 2 aromatic carbocycles. The summed E-state index contributed by atoms with van der Waals surface area (Å²) < 4.78 is 18.7. The first-order valence-corrected chi connectivity index (χ1v) is 6.01. The van der Waals surface area contributed by atoms with E-state index in [0.717, 1.165) is 11.3 Å². The molecule has 1 atom stereocenters. The zero-order valence-electron chi connectivity index (χ0n) is 10.6. The van der Waals surface area contributed by atoms with E-state index in [9.17, 15) is 9.65 Å². The molecule has 0 radical (unpaired) electrons. The summed E-state index contributed by atoms with van der Waals surface area (Å²) >= 11 is 0. The average Bonchev–Trinajstić information content (AvgIpc) is 2.47. The summed E-state index contributed by atoms with van der Waals surface area (Å²) in [5.74, 6) is 0.116. The molecule has 96 valence electrons. The molecule has 0 aliphatic heterocycles. The Morgan fingerprint density at radius 1 is 1.16 bits per heavy atom. The third-order valence-corrected chi connectivity index (χ3v) is 3.06. The minimum Gasteiger partial charge on any atom is -0.497 e. The van der Waals surface area contributed by atoms with E-state index in [4.69, 9.17) is 4.74 Å². The van der Waals surface area contributed by atoms with Gasteiger partial charge in [-0.25, -0.2) is 4.39 Å². The SMILES string of the molecule is COc1ccc(C(C#N)Cc2ccccc2F)cc1.